The Morgan fingerprint density at radius 1 is 1.29 bits per heavy atom. The summed E-state index contributed by atoms with van der Waals surface area (Å²) in [5.41, 5.74) is 7.87. The van der Waals surface area contributed by atoms with Gasteiger partial charge in [0.1, 0.15) is 41.2 Å². The van der Waals surface area contributed by atoms with Crippen molar-refractivity contribution in [1.82, 2.24) is 4.90 Å². The first-order chi connectivity index (χ1) is 18.0. The fraction of sp³-hybridized carbons (Fsp3) is 0.345. The van der Waals surface area contributed by atoms with Crippen LogP contribution in [0.25, 0.3) is 0 Å². The lowest BCUT2D eigenvalue weighted by atomic mass is 10.0. The van der Waals surface area contributed by atoms with Crippen LogP contribution in [0.3, 0.4) is 0 Å². The number of amides is 1. The lowest BCUT2D eigenvalue weighted by Gasteiger charge is -2.32. The van der Waals surface area contributed by atoms with Gasteiger partial charge in [-0.15, -0.1) is 0 Å². The van der Waals surface area contributed by atoms with Gasteiger partial charge >= 0.3 is 0 Å². The predicted octanol–water partition coefficient (Wildman–Crippen LogP) is 3.10. The van der Waals surface area contributed by atoms with Gasteiger partial charge in [0, 0.05) is 31.8 Å². The number of halogens is 1. The van der Waals surface area contributed by atoms with Crippen LogP contribution in [0.1, 0.15) is 31.4 Å². The molecule has 3 N–H and O–H groups in total. The van der Waals surface area contributed by atoms with Gasteiger partial charge in [0.2, 0.25) is 0 Å². The van der Waals surface area contributed by atoms with E-state index >= 15 is 0 Å². The predicted molar refractivity (Wildman–Crippen MR) is 150 cm³/mol. The third kappa shape index (κ3) is 7.60. The number of rotatable bonds is 9. The Kier molecular flexibility index (Phi) is 9.56. The van der Waals surface area contributed by atoms with Gasteiger partial charge in [0.25, 0.3) is 5.91 Å². The van der Waals surface area contributed by atoms with Crippen molar-refractivity contribution in [1.29, 1.82) is 0 Å². The van der Waals surface area contributed by atoms with Gasteiger partial charge in [0.05, 0.1) is 12.2 Å². The van der Waals surface area contributed by atoms with E-state index in [-0.39, 0.29) is 24.0 Å². The van der Waals surface area contributed by atoms with Crippen molar-refractivity contribution < 1.29 is 19.4 Å². The minimum Gasteiger partial charge on any atom is -0.489 e. The number of aliphatic hydroxyl groups is 1. The highest BCUT2D eigenvalue weighted by molar-refractivity contribution is 6.69. The average molecular weight is 537 g/mol. The molecule has 0 bridgehead atoms. The van der Waals surface area contributed by atoms with E-state index in [0.29, 0.717) is 36.1 Å². The van der Waals surface area contributed by atoms with E-state index in [9.17, 15) is 14.7 Å². The minimum absolute atomic E-state index is 0.0252. The van der Waals surface area contributed by atoms with E-state index in [1.165, 1.54) is 4.90 Å². The summed E-state index contributed by atoms with van der Waals surface area (Å²) in [5.74, 6) is 5.70. The number of ether oxygens (including phenoxy) is 1. The molecule has 0 radical (unpaired) electrons. The van der Waals surface area contributed by atoms with Crippen molar-refractivity contribution >= 4 is 34.7 Å². The number of benzene rings is 2. The summed E-state index contributed by atoms with van der Waals surface area (Å²) >= 11 is 6.40. The number of nitrogens with two attached hydrogens (primary N) is 1. The van der Waals surface area contributed by atoms with Gasteiger partial charge in [-0.2, -0.15) is 0 Å². The highest BCUT2D eigenvalue weighted by Gasteiger charge is 2.32. The van der Waals surface area contributed by atoms with Crippen LogP contribution in [0.4, 0.5) is 5.69 Å². The van der Waals surface area contributed by atoms with E-state index in [0.717, 1.165) is 11.3 Å². The SMILES string of the molecule is CN(C)c1ccc(C#CC(C)(C)O)cc1OCC(C=O)N1CCC(C(Cl)=NCc2ccccc2)=C(N)C1=O. The molecular weight excluding hydrogens is 504 g/mol. The Balaban J connectivity index is 1.75. The van der Waals surface area contributed by atoms with E-state index in [1.807, 2.05) is 61.5 Å². The Morgan fingerprint density at radius 2 is 2.00 bits per heavy atom. The van der Waals surface area contributed by atoms with Crippen LogP contribution >= 0.6 is 11.6 Å². The molecule has 38 heavy (non-hydrogen) atoms. The second-order valence-electron chi connectivity index (χ2n) is 9.63. The first-order valence-corrected chi connectivity index (χ1v) is 12.6. The van der Waals surface area contributed by atoms with Gasteiger partial charge in [0.15, 0.2) is 0 Å². The third-order valence-corrected chi connectivity index (χ3v) is 6.18. The standard InChI is InChI=1S/C29H33ClN4O4/c1-29(2,37)14-12-20-10-11-24(33(3)4)25(16-20)38-19-22(18-35)34-15-13-23(26(31)28(34)36)27(30)32-17-21-8-6-5-7-9-21/h5-11,16,18,22,37H,13,15,17,19,31H2,1-4H3. The summed E-state index contributed by atoms with van der Waals surface area (Å²) in [6.45, 7) is 3.74. The number of carbonyl (C=O) groups excluding carboxylic acids is 2. The van der Waals surface area contributed by atoms with Gasteiger partial charge in [-0.1, -0.05) is 53.8 Å². The third-order valence-electron chi connectivity index (χ3n) is 5.83. The molecule has 1 amide bonds. The van der Waals surface area contributed by atoms with Crippen molar-refractivity contribution in [2.24, 2.45) is 10.7 Å². The summed E-state index contributed by atoms with van der Waals surface area (Å²) in [6.07, 6.45) is 1.04. The normalized spacial score (nSPS) is 15.1. The first-order valence-electron chi connectivity index (χ1n) is 12.2. The van der Waals surface area contributed by atoms with E-state index in [4.69, 9.17) is 22.1 Å². The maximum atomic E-state index is 13.1. The van der Waals surface area contributed by atoms with Crippen molar-refractivity contribution in [2.45, 2.75) is 38.5 Å². The van der Waals surface area contributed by atoms with Crippen LogP contribution < -0.4 is 15.4 Å². The van der Waals surface area contributed by atoms with Gasteiger partial charge in [-0.05, 0) is 44.0 Å². The maximum absolute atomic E-state index is 13.1. The van der Waals surface area contributed by atoms with Gasteiger partial charge in [-0.3, -0.25) is 9.79 Å². The summed E-state index contributed by atoms with van der Waals surface area (Å²) in [5, 5.41) is 10.1. The number of hydrogen-bond acceptors (Lipinski definition) is 7. The van der Waals surface area contributed by atoms with Gasteiger partial charge in [-0.25, -0.2) is 0 Å². The molecule has 0 spiro atoms. The first kappa shape index (κ1) is 28.8. The second kappa shape index (κ2) is 12.6. The molecule has 0 fully saturated rings. The zero-order valence-electron chi connectivity index (χ0n) is 22.1. The fourth-order valence-electron chi connectivity index (χ4n) is 3.80. The van der Waals surface area contributed by atoms with Crippen LogP contribution in [-0.4, -0.2) is 66.3 Å². The molecule has 0 aromatic heterocycles. The molecule has 1 unspecified atom stereocenters. The molecule has 1 aliphatic rings. The molecule has 1 atom stereocenters. The number of anilines is 1. The van der Waals surface area contributed by atoms with Crippen molar-refractivity contribution in [3.63, 3.8) is 0 Å². The molecule has 8 nitrogen and oxygen atoms in total. The highest BCUT2D eigenvalue weighted by atomic mass is 35.5. The lowest BCUT2D eigenvalue weighted by Crippen LogP contribution is -2.49. The Labute approximate surface area is 228 Å². The second-order valence-corrected chi connectivity index (χ2v) is 9.99. The summed E-state index contributed by atoms with van der Waals surface area (Å²) < 4.78 is 6.02. The number of nitrogens with zero attached hydrogens (tertiary/aromatic N) is 3. The fourth-order valence-corrected chi connectivity index (χ4v) is 4.06. The molecule has 0 saturated heterocycles. The molecule has 2 aromatic rings. The van der Waals surface area contributed by atoms with Crippen LogP contribution in [0.15, 0.2) is 64.8 Å². The van der Waals surface area contributed by atoms with Crippen LogP contribution in [0, 0.1) is 11.8 Å². The Hall–Kier alpha value is -3.80. The largest absolute Gasteiger partial charge is 0.489 e. The van der Waals surface area contributed by atoms with Gasteiger partial charge < -0.3 is 30.2 Å². The number of carbonyl (C=O) groups is 2. The van der Waals surface area contributed by atoms with E-state index in [2.05, 4.69) is 16.8 Å². The molecule has 1 heterocycles. The zero-order valence-corrected chi connectivity index (χ0v) is 22.8. The molecule has 9 heteroatoms. The maximum Gasteiger partial charge on any atom is 0.270 e. The monoisotopic (exact) mass is 536 g/mol. The number of hydrogen-bond donors (Lipinski definition) is 2. The van der Waals surface area contributed by atoms with Crippen molar-refractivity contribution in [2.75, 3.05) is 32.1 Å². The lowest BCUT2D eigenvalue weighted by molar-refractivity contribution is -0.134. The number of aliphatic imine (C=N–C) groups is 1. The molecule has 2 aromatic carbocycles. The van der Waals surface area contributed by atoms with E-state index in [1.54, 1.807) is 19.9 Å². The summed E-state index contributed by atoms with van der Waals surface area (Å²) in [7, 11) is 3.73. The molecule has 3 rings (SSSR count). The van der Waals surface area contributed by atoms with Crippen LogP contribution in [0.5, 0.6) is 5.75 Å². The molecule has 200 valence electrons. The van der Waals surface area contributed by atoms with Crippen LogP contribution in [0.2, 0.25) is 0 Å². The smallest absolute Gasteiger partial charge is 0.270 e. The minimum atomic E-state index is -1.14. The number of aldehydes is 1. The summed E-state index contributed by atoms with van der Waals surface area (Å²) in [6, 6.07) is 14.2. The molecule has 1 aliphatic heterocycles. The molecular formula is C29H33ClN4O4. The quantitative estimate of drug-likeness (QED) is 0.290. The zero-order chi connectivity index (χ0) is 27.9. The molecule has 0 aliphatic carbocycles. The average Bonchev–Trinajstić information content (AvgIpc) is 2.88. The Morgan fingerprint density at radius 3 is 2.63 bits per heavy atom. The van der Waals surface area contributed by atoms with E-state index < -0.39 is 17.6 Å². The summed E-state index contributed by atoms with van der Waals surface area (Å²) in [4.78, 5) is 32.7. The van der Waals surface area contributed by atoms with Crippen LogP contribution in [-0.2, 0) is 16.1 Å². The Bertz CT molecular complexity index is 1290. The highest BCUT2D eigenvalue weighted by Crippen LogP contribution is 2.29. The molecule has 0 saturated carbocycles. The van der Waals surface area contributed by atoms with Crippen molar-refractivity contribution in [3.05, 3.63) is 70.9 Å². The topological polar surface area (TPSA) is 108 Å². The van der Waals surface area contributed by atoms with Crippen molar-refractivity contribution in [3.8, 4) is 17.6 Å².